The number of aliphatic hydroxyl groups is 1. The molecule has 13 heavy (non-hydrogen) atoms. The highest BCUT2D eigenvalue weighted by atomic mass is 16.5. The Morgan fingerprint density at radius 1 is 1.54 bits per heavy atom. The maximum atomic E-state index is 10.8. The molecule has 0 aromatic carbocycles. The predicted molar refractivity (Wildman–Crippen MR) is 51.2 cm³/mol. The topological polar surface area (TPSA) is 46.5 Å². The van der Waals surface area contributed by atoms with Crippen molar-refractivity contribution in [1.82, 2.24) is 0 Å². The molecule has 0 aromatic heterocycles. The number of hydrogen-bond donors (Lipinski definition) is 1. The first-order chi connectivity index (χ1) is 6.07. The monoisotopic (exact) mass is 186 g/mol. The van der Waals surface area contributed by atoms with E-state index in [1.807, 2.05) is 13.8 Å². The zero-order valence-corrected chi connectivity index (χ0v) is 8.49. The van der Waals surface area contributed by atoms with Gasteiger partial charge in [-0.3, -0.25) is 0 Å². The second-order valence-electron chi connectivity index (χ2n) is 3.20. The van der Waals surface area contributed by atoms with Gasteiger partial charge in [-0.1, -0.05) is 19.9 Å². The van der Waals surface area contributed by atoms with E-state index in [-0.39, 0.29) is 18.0 Å². The maximum absolute atomic E-state index is 10.8. The van der Waals surface area contributed by atoms with Gasteiger partial charge in [0.25, 0.3) is 0 Å². The lowest BCUT2D eigenvalue weighted by Crippen LogP contribution is -2.13. The molecule has 0 aliphatic rings. The Kier molecular flexibility index (Phi) is 6.24. The van der Waals surface area contributed by atoms with Crippen molar-refractivity contribution in [2.45, 2.75) is 33.3 Å². The van der Waals surface area contributed by atoms with Crippen molar-refractivity contribution < 1.29 is 14.6 Å². The first kappa shape index (κ1) is 12.2. The third kappa shape index (κ3) is 6.34. The van der Waals surface area contributed by atoms with Crippen molar-refractivity contribution in [1.29, 1.82) is 0 Å². The van der Waals surface area contributed by atoms with E-state index in [2.05, 4.69) is 4.74 Å². The summed E-state index contributed by atoms with van der Waals surface area (Å²) in [7, 11) is 0. The molecule has 76 valence electrons. The van der Waals surface area contributed by atoms with Crippen LogP contribution in [0.4, 0.5) is 0 Å². The van der Waals surface area contributed by atoms with Crippen molar-refractivity contribution in [2.24, 2.45) is 5.92 Å². The number of hydrogen-bond acceptors (Lipinski definition) is 3. The normalized spacial score (nSPS) is 13.6. The standard InChI is InChI=1S/C10H18O3/c1-4-13-10(12)7-5-6-9(11)8(2)3/h5,7-9,11H,4,6H2,1-3H3/b7-5+/t9-/m1/s1. The van der Waals surface area contributed by atoms with Crippen LogP contribution in [0.15, 0.2) is 12.2 Å². The van der Waals surface area contributed by atoms with Gasteiger partial charge in [0.2, 0.25) is 0 Å². The van der Waals surface area contributed by atoms with E-state index >= 15 is 0 Å². The molecule has 3 heteroatoms. The molecule has 0 saturated heterocycles. The SMILES string of the molecule is CCOC(=O)/C=C/C[C@@H](O)C(C)C. The van der Waals surface area contributed by atoms with Crippen LogP contribution >= 0.6 is 0 Å². The molecule has 1 atom stereocenters. The average molecular weight is 186 g/mol. The van der Waals surface area contributed by atoms with Crippen LogP contribution in [0.3, 0.4) is 0 Å². The van der Waals surface area contributed by atoms with E-state index in [9.17, 15) is 9.90 Å². The third-order valence-corrected chi connectivity index (χ3v) is 1.69. The molecule has 0 unspecified atom stereocenters. The molecule has 3 nitrogen and oxygen atoms in total. The molecule has 0 bridgehead atoms. The molecule has 0 heterocycles. The van der Waals surface area contributed by atoms with Crippen LogP contribution in [0.25, 0.3) is 0 Å². The van der Waals surface area contributed by atoms with Gasteiger partial charge in [0, 0.05) is 6.08 Å². The van der Waals surface area contributed by atoms with E-state index in [4.69, 9.17) is 0 Å². The minimum atomic E-state index is -0.384. The van der Waals surface area contributed by atoms with E-state index in [0.29, 0.717) is 13.0 Å². The van der Waals surface area contributed by atoms with E-state index < -0.39 is 0 Å². The summed E-state index contributed by atoms with van der Waals surface area (Å²) in [5.41, 5.74) is 0. The van der Waals surface area contributed by atoms with Gasteiger partial charge < -0.3 is 9.84 Å². The van der Waals surface area contributed by atoms with E-state index in [1.165, 1.54) is 6.08 Å². The molecular weight excluding hydrogens is 168 g/mol. The highest BCUT2D eigenvalue weighted by Crippen LogP contribution is 2.05. The fourth-order valence-corrected chi connectivity index (χ4v) is 0.766. The summed E-state index contributed by atoms with van der Waals surface area (Å²) in [6, 6.07) is 0. The minimum absolute atomic E-state index is 0.215. The number of carbonyl (C=O) groups is 1. The van der Waals surface area contributed by atoms with Gasteiger partial charge in [0.1, 0.15) is 0 Å². The molecule has 0 aliphatic heterocycles. The molecule has 0 saturated carbocycles. The Labute approximate surface area is 79.4 Å². The third-order valence-electron chi connectivity index (χ3n) is 1.69. The Bertz CT molecular complexity index is 173. The number of rotatable bonds is 5. The fraction of sp³-hybridized carbons (Fsp3) is 0.700. The van der Waals surface area contributed by atoms with Gasteiger partial charge in [-0.05, 0) is 19.3 Å². The minimum Gasteiger partial charge on any atom is -0.463 e. The molecule has 0 spiro atoms. The van der Waals surface area contributed by atoms with Gasteiger partial charge in [-0.15, -0.1) is 0 Å². The maximum Gasteiger partial charge on any atom is 0.330 e. The summed E-state index contributed by atoms with van der Waals surface area (Å²) < 4.78 is 4.68. The van der Waals surface area contributed by atoms with Gasteiger partial charge >= 0.3 is 5.97 Å². The first-order valence-electron chi connectivity index (χ1n) is 4.59. The lowest BCUT2D eigenvalue weighted by molar-refractivity contribution is -0.137. The number of aliphatic hydroxyl groups excluding tert-OH is 1. The summed E-state index contributed by atoms with van der Waals surface area (Å²) in [4.78, 5) is 10.8. The van der Waals surface area contributed by atoms with Crippen LogP contribution in [0, 0.1) is 5.92 Å². The van der Waals surface area contributed by atoms with E-state index in [1.54, 1.807) is 13.0 Å². The molecular formula is C10H18O3. The molecule has 0 fully saturated rings. The van der Waals surface area contributed by atoms with Crippen molar-refractivity contribution in [3.05, 3.63) is 12.2 Å². The average Bonchev–Trinajstić information content (AvgIpc) is 2.04. The summed E-state index contributed by atoms with van der Waals surface area (Å²) in [5.74, 6) is -0.134. The van der Waals surface area contributed by atoms with Gasteiger partial charge in [0.05, 0.1) is 12.7 Å². The van der Waals surface area contributed by atoms with Gasteiger partial charge in [-0.25, -0.2) is 4.79 Å². The zero-order chi connectivity index (χ0) is 10.3. The highest BCUT2D eigenvalue weighted by molar-refractivity contribution is 5.81. The van der Waals surface area contributed by atoms with Gasteiger partial charge in [0.15, 0.2) is 0 Å². The van der Waals surface area contributed by atoms with Crippen LogP contribution in [0.2, 0.25) is 0 Å². The molecule has 0 rings (SSSR count). The van der Waals surface area contributed by atoms with Crippen LogP contribution in [-0.4, -0.2) is 23.8 Å². The molecule has 0 radical (unpaired) electrons. The second-order valence-corrected chi connectivity index (χ2v) is 3.20. The van der Waals surface area contributed by atoms with Crippen molar-refractivity contribution in [3.8, 4) is 0 Å². The van der Waals surface area contributed by atoms with Crippen molar-refractivity contribution in [2.75, 3.05) is 6.61 Å². The Morgan fingerprint density at radius 2 is 2.15 bits per heavy atom. The number of carbonyl (C=O) groups excluding carboxylic acids is 1. The lowest BCUT2D eigenvalue weighted by Gasteiger charge is -2.10. The summed E-state index contributed by atoms with van der Waals surface area (Å²) in [5, 5.41) is 9.37. The fourth-order valence-electron chi connectivity index (χ4n) is 0.766. The molecule has 1 N–H and O–H groups in total. The first-order valence-corrected chi connectivity index (χ1v) is 4.59. The van der Waals surface area contributed by atoms with Crippen molar-refractivity contribution >= 4 is 5.97 Å². The zero-order valence-electron chi connectivity index (χ0n) is 8.49. The summed E-state index contributed by atoms with van der Waals surface area (Å²) in [6.45, 7) is 6.01. The second kappa shape index (κ2) is 6.66. The van der Waals surface area contributed by atoms with Crippen LogP contribution < -0.4 is 0 Å². The molecule has 0 aromatic rings. The highest BCUT2D eigenvalue weighted by Gasteiger charge is 2.06. The quantitative estimate of drug-likeness (QED) is 0.523. The Morgan fingerprint density at radius 3 is 2.62 bits per heavy atom. The van der Waals surface area contributed by atoms with Crippen LogP contribution in [0.5, 0.6) is 0 Å². The smallest absolute Gasteiger partial charge is 0.330 e. The summed E-state index contributed by atoms with van der Waals surface area (Å²) >= 11 is 0. The lowest BCUT2D eigenvalue weighted by atomic mass is 10.0. The van der Waals surface area contributed by atoms with E-state index in [0.717, 1.165) is 0 Å². The van der Waals surface area contributed by atoms with Crippen molar-refractivity contribution in [3.63, 3.8) is 0 Å². The Balaban J connectivity index is 3.68. The molecule has 0 amide bonds. The van der Waals surface area contributed by atoms with Crippen LogP contribution in [0.1, 0.15) is 27.2 Å². The Hall–Kier alpha value is -0.830. The van der Waals surface area contributed by atoms with Crippen LogP contribution in [-0.2, 0) is 9.53 Å². The molecule has 0 aliphatic carbocycles. The predicted octanol–water partition coefficient (Wildman–Crippen LogP) is 1.51. The largest absolute Gasteiger partial charge is 0.463 e. The number of esters is 1. The number of ether oxygens (including phenoxy) is 1. The summed E-state index contributed by atoms with van der Waals surface area (Å²) in [6.07, 6.45) is 3.11. The van der Waals surface area contributed by atoms with Gasteiger partial charge in [-0.2, -0.15) is 0 Å².